The Hall–Kier alpha value is -1.82. The van der Waals surface area contributed by atoms with Crippen LogP contribution in [0.3, 0.4) is 0 Å². The molecule has 32 heavy (non-hydrogen) atoms. The molecule has 0 saturated carbocycles. The van der Waals surface area contributed by atoms with E-state index in [0.717, 1.165) is 17.3 Å². The summed E-state index contributed by atoms with van der Waals surface area (Å²) in [7, 11) is 1.47. The molecule has 0 radical (unpaired) electrons. The molecule has 0 bridgehead atoms. The zero-order valence-electron chi connectivity index (χ0n) is 18.2. The van der Waals surface area contributed by atoms with E-state index in [0.29, 0.717) is 0 Å². The number of thioether (sulfide) groups is 1. The summed E-state index contributed by atoms with van der Waals surface area (Å²) in [5.74, 6) is 0. The van der Waals surface area contributed by atoms with E-state index in [1.165, 1.54) is 11.9 Å². The molecule has 2 aliphatic heterocycles. The van der Waals surface area contributed by atoms with Gasteiger partial charge in [0.2, 0.25) is 0 Å². The van der Waals surface area contributed by atoms with Gasteiger partial charge >= 0.3 is 12.3 Å². The maximum atomic E-state index is 13.3. The average molecular weight is 477 g/mol. The third-order valence-electron chi connectivity index (χ3n) is 4.85. The number of rotatable bonds is 4. The van der Waals surface area contributed by atoms with Crippen LogP contribution in [0.25, 0.3) is 0 Å². The summed E-state index contributed by atoms with van der Waals surface area (Å²) in [5.41, 5.74) is -0.713. The number of aliphatic imine (C=N–C) groups is 1. The van der Waals surface area contributed by atoms with Crippen LogP contribution in [0.2, 0.25) is 0 Å². The minimum Gasteiger partial charge on any atom is -0.443 e. The number of benzene rings is 1. The van der Waals surface area contributed by atoms with E-state index >= 15 is 0 Å². The Labute approximate surface area is 188 Å². The number of fused-ring (bicyclic) bond motifs is 1. The quantitative estimate of drug-likeness (QED) is 0.709. The lowest BCUT2D eigenvalue weighted by Crippen LogP contribution is -2.55. The van der Waals surface area contributed by atoms with Gasteiger partial charge in [0.15, 0.2) is 11.3 Å². The Morgan fingerprint density at radius 2 is 1.97 bits per heavy atom. The maximum absolute atomic E-state index is 13.3. The number of hydrogen-bond donors (Lipinski definition) is 1. The van der Waals surface area contributed by atoms with E-state index < -0.39 is 47.7 Å². The highest BCUT2D eigenvalue weighted by Gasteiger charge is 2.53. The third kappa shape index (κ3) is 6.15. The SMILES string of the molecule is CN(C(=O)OC(C)(C)C)C1=N[C@@H]2C[C@H](OCc3ccccc3)[C@@H]([C@@H](O)C(F)(F)F)O[C@@H]2S1. The molecule has 1 fully saturated rings. The van der Waals surface area contributed by atoms with Crippen molar-refractivity contribution < 1.29 is 37.3 Å². The van der Waals surface area contributed by atoms with E-state index in [9.17, 15) is 23.1 Å². The van der Waals surface area contributed by atoms with Crippen molar-refractivity contribution in [1.82, 2.24) is 4.90 Å². The maximum Gasteiger partial charge on any atom is 0.417 e. The topological polar surface area (TPSA) is 80.6 Å². The molecule has 1 amide bonds. The smallest absolute Gasteiger partial charge is 0.417 e. The molecule has 0 spiro atoms. The Kier molecular flexibility index (Phi) is 7.43. The van der Waals surface area contributed by atoms with E-state index in [2.05, 4.69) is 4.99 Å². The highest BCUT2D eigenvalue weighted by Crippen LogP contribution is 2.41. The number of nitrogens with zero attached hydrogens (tertiary/aromatic N) is 2. The summed E-state index contributed by atoms with van der Waals surface area (Å²) in [5, 5.41) is 10.2. The second kappa shape index (κ2) is 9.58. The average Bonchev–Trinajstić information content (AvgIpc) is 3.12. The lowest BCUT2D eigenvalue weighted by atomic mass is 9.97. The molecule has 1 aromatic carbocycles. The molecule has 178 valence electrons. The summed E-state index contributed by atoms with van der Waals surface area (Å²) in [6.45, 7) is 5.24. The fraction of sp³-hybridized carbons (Fsp3) is 0.619. The number of aliphatic hydroxyl groups is 1. The van der Waals surface area contributed by atoms with Gasteiger partial charge in [-0.1, -0.05) is 42.1 Å². The number of hydrogen-bond acceptors (Lipinski definition) is 7. The molecule has 2 aliphatic rings. The van der Waals surface area contributed by atoms with Crippen molar-refractivity contribution in [2.24, 2.45) is 4.99 Å². The Balaban J connectivity index is 1.74. The molecule has 5 atom stereocenters. The number of amides is 1. The molecule has 11 heteroatoms. The summed E-state index contributed by atoms with van der Waals surface area (Å²) in [4.78, 5) is 18.0. The van der Waals surface area contributed by atoms with Crippen molar-refractivity contribution >= 4 is 23.0 Å². The Morgan fingerprint density at radius 1 is 1.31 bits per heavy atom. The molecule has 1 aromatic rings. The van der Waals surface area contributed by atoms with Gasteiger partial charge in [-0.15, -0.1) is 0 Å². The first-order valence-corrected chi connectivity index (χ1v) is 11.0. The number of aliphatic hydroxyl groups excluding tert-OH is 1. The first-order valence-electron chi connectivity index (χ1n) is 10.1. The minimum atomic E-state index is -4.87. The number of amidine groups is 1. The molecule has 3 rings (SSSR count). The van der Waals surface area contributed by atoms with Gasteiger partial charge in [-0.25, -0.2) is 4.79 Å². The molecular formula is C21H27F3N2O5S. The predicted octanol–water partition coefficient (Wildman–Crippen LogP) is 3.95. The van der Waals surface area contributed by atoms with Crippen LogP contribution in [0.15, 0.2) is 35.3 Å². The van der Waals surface area contributed by atoms with Crippen LogP contribution in [-0.2, 0) is 20.8 Å². The standard InChI is InChI=1S/C21H27F3N2O5S/c1-20(2,3)31-19(28)26(4)18-25-13-10-14(29-11-12-8-6-5-7-9-12)15(30-17(13)32-18)16(27)21(22,23)24/h5-9,13-17,27H,10-11H2,1-4H3/t13-,14+,15+,16-,17-/m1/s1. The highest BCUT2D eigenvalue weighted by molar-refractivity contribution is 8.14. The number of alkyl halides is 3. The van der Waals surface area contributed by atoms with Crippen LogP contribution in [0, 0.1) is 0 Å². The van der Waals surface area contributed by atoms with Gasteiger partial charge in [-0.05, 0) is 26.3 Å². The zero-order valence-corrected chi connectivity index (χ0v) is 19.0. The molecule has 1 N–H and O–H groups in total. The second-order valence-corrected chi connectivity index (χ2v) is 9.73. The fourth-order valence-electron chi connectivity index (χ4n) is 3.29. The minimum absolute atomic E-state index is 0.0643. The van der Waals surface area contributed by atoms with E-state index in [1.807, 2.05) is 6.07 Å². The second-order valence-electron chi connectivity index (χ2n) is 8.66. The van der Waals surface area contributed by atoms with Crippen LogP contribution in [-0.4, -0.2) is 69.9 Å². The van der Waals surface area contributed by atoms with E-state index in [4.69, 9.17) is 14.2 Å². The van der Waals surface area contributed by atoms with E-state index in [-0.39, 0.29) is 18.2 Å². The third-order valence-corrected chi connectivity index (χ3v) is 6.10. The first kappa shape index (κ1) is 24.8. The molecule has 2 heterocycles. The van der Waals surface area contributed by atoms with Gasteiger partial charge < -0.3 is 19.3 Å². The van der Waals surface area contributed by atoms with Gasteiger partial charge in [-0.2, -0.15) is 13.2 Å². The summed E-state index contributed by atoms with van der Waals surface area (Å²) < 4.78 is 56.6. The lowest BCUT2D eigenvalue weighted by molar-refractivity contribution is -0.265. The summed E-state index contributed by atoms with van der Waals surface area (Å²) in [6, 6.07) is 8.46. The number of halogens is 3. The van der Waals surface area contributed by atoms with Gasteiger partial charge in [0.25, 0.3) is 0 Å². The fourth-order valence-corrected chi connectivity index (χ4v) is 4.44. The predicted molar refractivity (Wildman–Crippen MR) is 113 cm³/mol. The molecule has 7 nitrogen and oxygen atoms in total. The first-order chi connectivity index (χ1) is 14.8. The van der Waals surface area contributed by atoms with Crippen molar-refractivity contribution in [3.63, 3.8) is 0 Å². The van der Waals surface area contributed by atoms with E-state index in [1.54, 1.807) is 45.0 Å². The van der Waals surface area contributed by atoms with Gasteiger partial charge in [0, 0.05) is 13.5 Å². The summed E-state index contributed by atoms with van der Waals surface area (Å²) in [6.07, 6.45) is -10.8. The Bertz CT molecular complexity index is 831. The van der Waals surface area contributed by atoms with Crippen molar-refractivity contribution in [3.05, 3.63) is 35.9 Å². The van der Waals surface area contributed by atoms with Crippen LogP contribution < -0.4 is 0 Å². The van der Waals surface area contributed by atoms with Crippen LogP contribution in [0.1, 0.15) is 32.8 Å². The number of carbonyl (C=O) groups excluding carboxylic acids is 1. The van der Waals surface area contributed by atoms with Gasteiger partial charge in [-0.3, -0.25) is 9.89 Å². The number of carbonyl (C=O) groups is 1. The van der Waals surface area contributed by atoms with Crippen molar-refractivity contribution in [2.45, 2.75) is 75.4 Å². The normalized spacial score (nSPS) is 26.8. The van der Waals surface area contributed by atoms with Crippen molar-refractivity contribution in [1.29, 1.82) is 0 Å². The highest BCUT2D eigenvalue weighted by atomic mass is 32.2. The molecule has 0 unspecified atom stereocenters. The molecule has 0 aliphatic carbocycles. The summed E-state index contributed by atoms with van der Waals surface area (Å²) >= 11 is 1.02. The Morgan fingerprint density at radius 3 is 2.56 bits per heavy atom. The molecule has 1 saturated heterocycles. The monoisotopic (exact) mass is 476 g/mol. The van der Waals surface area contributed by atoms with Crippen LogP contribution in [0.5, 0.6) is 0 Å². The van der Waals surface area contributed by atoms with Gasteiger partial charge in [0.05, 0.1) is 18.8 Å². The van der Waals surface area contributed by atoms with Gasteiger partial charge in [0.1, 0.15) is 17.1 Å². The van der Waals surface area contributed by atoms with Crippen LogP contribution >= 0.6 is 11.8 Å². The van der Waals surface area contributed by atoms with Crippen LogP contribution in [0.4, 0.5) is 18.0 Å². The molecule has 0 aromatic heterocycles. The zero-order chi connectivity index (χ0) is 23.7. The van der Waals surface area contributed by atoms with Crippen molar-refractivity contribution in [2.75, 3.05) is 7.05 Å². The molecular weight excluding hydrogens is 449 g/mol. The lowest BCUT2D eigenvalue weighted by Gasteiger charge is -2.39. The van der Waals surface area contributed by atoms with Crippen molar-refractivity contribution in [3.8, 4) is 0 Å². The largest absolute Gasteiger partial charge is 0.443 e. The number of ether oxygens (including phenoxy) is 3.